The maximum absolute atomic E-state index is 12.3. The van der Waals surface area contributed by atoms with Crippen LogP contribution in [0.1, 0.15) is 25.7 Å². The number of nitrogens with one attached hydrogen (secondary N) is 1. The summed E-state index contributed by atoms with van der Waals surface area (Å²) in [5.41, 5.74) is 0.155. The molecule has 1 aliphatic carbocycles. The zero-order chi connectivity index (χ0) is 17.1. The van der Waals surface area contributed by atoms with Gasteiger partial charge >= 0.3 is 12.3 Å². The number of benzene rings is 1. The second-order valence-electron chi connectivity index (χ2n) is 5.29. The van der Waals surface area contributed by atoms with E-state index < -0.39 is 34.0 Å². The minimum Gasteiger partial charge on any atom is -0.440 e. The van der Waals surface area contributed by atoms with Crippen molar-refractivity contribution in [2.75, 3.05) is 11.9 Å². The fourth-order valence-electron chi connectivity index (χ4n) is 2.42. The first-order valence-corrected chi connectivity index (χ1v) is 8.57. The van der Waals surface area contributed by atoms with Gasteiger partial charge in [-0.25, -0.2) is 13.2 Å². The van der Waals surface area contributed by atoms with Crippen molar-refractivity contribution >= 4 is 21.6 Å². The van der Waals surface area contributed by atoms with Crippen LogP contribution in [0.4, 0.5) is 23.7 Å². The van der Waals surface area contributed by atoms with Gasteiger partial charge in [0.1, 0.15) is 0 Å². The summed E-state index contributed by atoms with van der Waals surface area (Å²) in [6.45, 7) is -1.69. The molecule has 0 saturated heterocycles. The predicted molar refractivity (Wildman–Crippen MR) is 76.9 cm³/mol. The van der Waals surface area contributed by atoms with Crippen LogP contribution in [0.2, 0.25) is 0 Å². The maximum atomic E-state index is 12.3. The Morgan fingerprint density at radius 3 is 2.26 bits per heavy atom. The second kappa shape index (κ2) is 6.77. The van der Waals surface area contributed by atoms with Gasteiger partial charge in [-0.15, -0.1) is 0 Å². The average molecular weight is 351 g/mol. The first-order chi connectivity index (χ1) is 10.7. The largest absolute Gasteiger partial charge is 0.440 e. The summed E-state index contributed by atoms with van der Waals surface area (Å²) in [4.78, 5) is 11.3. The highest BCUT2D eigenvalue weighted by Gasteiger charge is 2.31. The Balaban J connectivity index is 1.98. The molecule has 0 unspecified atom stereocenters. The van der Waals surface area contributed by atoms with E-state index in [1.54, 1.807) is 0 Å². The molecule has 0 radical (unpaired) electrons. The van der Waals surface area contributed by atoms with Gasteiger partial charge in [0.05, 0.1) is 10.1 Å². The van der Waals surface area contributed by atoms with Crippen LogP contribution in [0, 0.1) is 0 Å². The highest BCUT2D eigenvalue weighted by Crippen LogP contribution is 2.30. The van der Waals surface area contributed by atoms with Gasteiger partial charge in [-0.1, -0.05) is 12.8 Å². The quantitative estimate of drug-likeness (QED) is 0.901. The number of hydrogen-bond donors (Lipinski definition) is 1. The van der Waals surface area contributed by atoms with Crippen LogP contribution in [0.15, 0.2) is 29.2 Å². The molecule has 1 N–H and O–H groups in total. The Hall–Kier alpha value is -1.77. The molecule has 0 bridgehead atoms. The van der Waals surface area contributed by atoms with E-state index in [-0.39, 0.29) is 10.6 Å². The topological polar surface area (TPSA) is 72.5 Å². The molecule has 128 valence electrons. The van der Waals surface area contributed by atoms with Gasteiger partial charge in [0, 0.05) is 5.69 Å². The number of sulfone groups is 1. The number of amides is 1. The predicted octanol–water partition coefficient (Wildman–Crippen LogP) is 3.51. The van der Waals surface area contributed by atoms with Crippen molar-refractivity contribution in [2.45, 2.75) is 42.0 Å². The summed E-state index contributed by atoms with van der Waals surface area (Å²) >= 11 is 0. The van der Waals surface area contributed by atoms with Crippen LogP contribution in [0.25, 0.3) is 0 Å². The lowest BCUT2D eigenvalue weighted by molar-refractivity contribution is -0.159. The van der Waals surface area contributed by atoms with Crippen molar-refractivity contribution in [3.8, 4) is 0 Å². The van der Waals surface area contributed by atoms with Crippen LogP contribution < -0.4 is 5.32 Å². The summed E-state index contributed by atoms with van der Waals surface area (Å²) in [6, 6.07) is 5.29. The van der Waals surface area contributed by atoms with E-state index >= 15 is 0 Å². The second-order valence-corrected chi connectivity index (χ2v) is 7.52. The molecule has 1 fully saturated rings. The summed E-state index contributed by atoms with van der Waals surface area (Å²) in [7, 11) is -3.41. The standard InChI is InChI=1S/C14H16F3NO4S/c15-14(16,17)9-22-13(19)18-10-5-7-12(8-6-10)23(20,21)11-3-1-2-4-11/h5-8,11H,1-4,9H2,(H,18,19). The van der Waals surface area contributed by atoms with Gasteiger partial charge in [-0.2, -0.15) is 13.2 Å². The number of ether oxygens (including phenoxy) is 1. The van der Waals surface area contributed by atoms with Crippen molar-refractivity contribution in [1.82, 2.24) is 0 Å². The summed E-state index contributed by atoms with van der Waals surface area (Å²) < 4.78 is 64.4. The first-order valence-electron chi connectivity index (χ1n) is 7.03. The van der Waals surface area contributed by atoms with Crippen LogP contribution in [-0.2, 0) is 14.6 Å². The molecule has 0 heterocycles. The van der Waals surface area contributed by atoms with E-state index in [1.165, 1.54) is 24.3 Å². The van der Waals surface area contributed by atoms with E-state index in [0.29, 0.717) is 12.8 Å². The highest BCUT2D eigenvalue weighted by atomic mass is 32.2. The fourth-order valence-corrected chi connectivity index (χ4v) is 4.27. The Labute approximate surface area is 131 Å². The minimum atomic E-state index is -4.60. The normalized spacial score (nSPS) is 16.3. The summed E-state index contributed by atoms with van der Waals surface area (Å²) in [5.74, 6) is 0. The zero-order valence-corrected chi connectivity index (χ0v) is 12.9. The third-order valence-corrected chi connectivity index (χ3v) is 5.82. The van der Waals surface area contributed by atoms with Crippen LogP contribution >= 0.6 is 0 Å². The van der Waals surface area contributed by atoms with Crippen LogP contribution in [0.3, 0.4) is 0 Å². The number of rotatable bonds is 4. The lowest BCUT2D eigenvalue weighted by Crippen LogP contribution is -2.23. The number of halogens is 3. The molecular weight excluding hydrogens is 335 g/mol. The SMILES string of the molecule is O=C(Nc1ccc(S(=O)(=O)C2CCCC2)cc1)OCC(F)(F)F. The van der Waals surface area contributed by atoms with Crippen molar-refractivity contribution in [3.05, 3.63) is 24.3 Å². The van der Waals surface area contributed by atoms with Gasteiger partial charge < -0.3 is 4.74 Å². The van der Waals surface area contributed by atoms with Crippen LogP contribution in [0.5, 0.6) is 0 Å². The molecule has 5 nitrogen and oxygen atoms in total. The molecule has 1 aromatic rings. The van der Waals surface area contributed by atoms with Crippen molar-refractivity contribution in [2.24, 2.45) is 0 Å². The number of carbonyl (C=O) groups excluding carboxylic acids is 1. The molecule has 9 heteroatoms. The molecule has 0 spiro atoms. The number of carbonyl (C=O) groups is 1. The molecule has 1 aromatic carbocycles. The highest BCUT2D eigenvalue weighted by molar-refractivity contribution is 7.92. The summed E-state index contributed by atoms with van der Waals surface area (Å²) in [5, 5.41) is 1.72. The molecule has 0 aromatic heterocycles. The molecule has 0 atom stereocenters. The van der Waals surface area contributed by atoms with Crippen molar-refractivity contribution in [3.63, 3.8) is 0 Å². The number of hydrogen-bond acceptors (Lipinski definition) is 4. The molecule has 1 aliphatic rings. The smallest absolute Gasteiger partial charge is 0.422 e. The third-order valence-electron chi connectivity index (χ3n) is 3.54. The maximum Gasteiger partial charge on any atom is 0.422 e. The zero-order valence-electron chi connectivity index (χ0n) is 12.1. The summed E-state index contributed by atoms with van der Waals surface area (Å²) in [6.07, 6.45) is -2.83. The Bertz CT molecular complexity index is 650. The first kappa shape index (κ1) is 17.6. The van der Waals surface area contributed by atoms with E-state index in [2.05, 4.69) is 10.1 Å². The van der Waals surface area contributed by atoms with Gasteiger partial charge in [-0.05, 0) is 37.1 Å². The van der Waals surface area contributed by atoms with Crippen molar-refractivity contribution < 1.29 is 31.1 Å². The number of anilines is 1. The van der Waals surface area contributed by atoms with E-state index in [9.17, 15) is 26.4 Å². The lowest BCUT2D eigenvalue weighted by Gasteiger charge is -2.12. The van der Waals surface area contributed by atoms with E-state index in [1.807, 2.05) is 0 Å². The molecule has 2 rings (SSSR count). The third kappa shape index (κ3) is 4.85. The lowest BCUT2D eigenvalue weighted by atomic mass is 10.3. The van der Waals surface area contributed by atoms with Crippen molar-refractivity contribution in [1.29, 1.82) is 0 Å². The van der Waals surface area contributed by atoms with Gasteiger partial charge in [0.2, 0.25) is 0 Å². The molecular formula is C14H16F3NO4S. The molecule has 1 amide bonds. The van der Waals surface area contributed by atoms with Gasteiger partial charge in [0.15, 0.2) is 16.4 Å². The van der Waals surface area contributed by atoms with E-state index in [4.69, 9.17) is 0 Å². The Morgan fingerprint density at radius 2 is 1.74 bits per heavy atom. The number of alkyl halides is 3. The fraction of sp³-hybridized carbons (Fsp3) is 0.500. The molecule has 1 saturated carbocycles. The van der Waals surface area contributed by atoms with Gasteiger partial charge in [-0.3, -0.25) is 5.32 Å². The minimum absolute atomic E-state index is 0.138. The average Bonchev–Trinajstić information content (AvgIpc) is 3.00. The molecule has 0 aliphatic heterocycles. The molecule has 23 heavy (non-hydrogen) atoms. The van der Waals surface area contributed by atoms with E-state index in [0.717, 1.165) is 12.8 Å². The van der Waals surface area contributed by atoms with Crippen LogP contribution in [-0.4, -0.2) is 32.5 Å². The Kier molecular flexibility index (Phi) is 5.18. The van der Waals surface area contributed by atoms with Gasteiger partial charge in [0.25, 0.3) is 0 Å². The Morgan fingerprint density at radius 1 is 1.17 bits per heavy atom. The monoisotopic (exact) mass is 351 g/mol.